The zero-order valence-corrected chi connectivity index (χ0v) is 12.7. The van der Waals surface area contributed by atoms with Gasteiger partial charge in [0.05, 0.1) is 0 Å². The van der Waals surface area contributed by atoms with E-state index in [1.807, 2.05) is 0 Å². The minimum atomic E-state index is 0.355. The molecular weight excluding hydrogens is 218 g/mol. The third-order valence-corrected chi connectivity index (χ3v) is 3.37. The average molecular weight is 247 g/mol. The van der Waals surface area contributed by atoms with Crippen LogP contribution in [0.3, 0.4) is 0 Å². The van der Waals surface area contributed by atoms with E-state index in [4.69, 9.17) is 0 Å². The summed E-state index contributed by atoms with van der Waals surface area (Å²) >= 11 is 0. The van der Waals surface area contributed by atoms with Crippen LogP contribution in [-0.4, -0.2) is 12.6 Å². The van der Waals surface area contributed by atoms with Crippen LogP contribution in [-0.2, 0) is 6.42 Å². The largest absolute Gasteiger partial charge is 0.314 e. The maximum atomic E-state index is 3.59. The third-order valence-electron chi connectivity index (χ3n) is 3.37. The van der Waals surface area contributed by atoms with E-state index in [2.05, 4.69) is 64.2 Å². The van der Waals surface area contributed by atoms with Crippen LogP contribution in [0.2, 0.25) is 0 Å². The first-order valence-electron chi connectivity index (χ1n) is 7.22. The van der Waals surface area contributed by atoms with Crippen LogP contribution in [0.25, 0.3) is 0 Å². The summed E-state index contributed by atoms with van der Waals surface area (Å²) in [4.78, 5) is 0. The molecule has 0 saturated heterocycles. The first-order valence-corrected chi connectivity index (χ1v) is 7.22. The van der Waals surface area contributed by atoms with Gasteiger partial charge in [-0.25, -0.2) is 0 Å². The van der Waals surface area contributed by atoms with Gasteiger partial charge >= 0.3 is 0 Å². The van der Waals surface area contributed by atoms with Crippen molar-refractivity contribution in [1.29, 1.82) is 0 Å². The van der Waals surface area contributed by atoms with E-state index in [-0.39, 0.29) is 0 Å². The topological polar surface area (TPSA) is 12.0 Å². The fraction of sp³-hybridized carbons (Fsp3) is 0.647. The molecule has 0 aliphatic heterocycles. The molecule has 1 aromatic rings. The molecule has 0 amide bonds. The van der Waals surface area contributed by atoms with E-state index in [1.54, 1.807) is 0 Å². The molecule has 18 heavy (non-hydrogen) atoms. The number of nitrogens with one attached hydrogen (secondary N) is 1. The van der Waals surface area contributed by atoms with E-state index in [9.17, 15) is 0 Å². The molecule has 0 heterocycles. The molecule has 102 valence electrons. The van der Waals surface area contributed by atoms with Crippen molar-refractivity contribution in [2.45, 2.75) is 59.9 Å². The highest BCUT2D eigenvalue weighted by atomic mass is 14.9. The van der Waals surface area contributed by atoms with Crippen LogP contribution >= 0.6 is 0 Å². The maximum Gasteiger partial charge on any atom is 0.00439 e. The molecule has 0 aliphatic carbocycles. The van der Waals surface area contributed by atoms with Crippen LogP contribution in [0.15, 0.2) is 24.3 Å². The standard InChI is InChI=1S/C17H29N/c1-6-10-18-15(3)12-17(4,5)13-16-9-7-8-14(2)11-16/h7-9,11,15,18H,6,10,12-13H2,1-5H3. The highest BCUT2D eigenvalue weighted by Crippen LogP contribution is 2.27. The predicted octanol–water partition coefficient (Wildman–Crippen LogP) is 4.34. The lowest BCUT2D eigenvalue weighted by atomic mass is 9.80. The molecule has 1 unspecified atom stereocenters. The summed E-state index contributed by atoms with van der Waals surface area (Å²) in [6.07, 6.45) is 3.59. The number of aryl methyl sites for hydroxylation is 1. The zero-order valence-electron chi connectivity index (χ0n) is 12.7. The summed E-state index contributed by atoms with van der Waals surface area (Å²) in [6.45, 7) is 12.6. The van der Waals surface area contributed by atoms with E-state index in [0.717, 1.165) is 13.0 Å². The maximum absolute atomic E-state index is 3.59. The second kappa shape index (κ2) is 6.94. The summed E-state index contributed by atoms with van der Waals surface area (Å²) in [7, 11) is 0. The Labute approximate surface area is 113 Å². The quantitative estimate of drug-likeness (QED) is 0.755. The fourth-order valence-electron chi connectivity index (χ4n) is 2.74. The van der Waals surface area contributed by atoms with Gasteiger partial charge in [0, 0.05) is 6.04 Å². The molecule has 0 fully saturated rings. The Morgan fingerprint density at radius 3 is 2.61 bits per heavy atom. The SMILES string of the molecule is CCCNC(C)CC(C)(C)Cc1cccc(C)c1. The second-order valence-corrected chi connectivity index (χ2v) is 6.39. The van der Waals surface area contributed by atoms with E-state index in [1.165, 1.54) is 24.0 Å². The van der Waals surface area contributed by atoms with Crippen molar-refractivity contribution < 1.29 is 0 Å². The molecule has 0 aliphatic rings. The summed E-state index contributed by atoms with van der Waals surface area (Å²) in [6, 6.07) is 9.50. The molecular formula is C17H29N. The summed E-state index contributed by atoms with van der Waals surface area (Å²) in [5, 5.41) is 3.59. The average Bonchev–Trinajstić information content (AvgIpc) is 2.24. The molecule has 1 rings (SSSR count). The molecule has 1 heteroatoms. The van der Waals surface area contributed by atoms with Gasteiger partial charge in [-0.2, -0.15) is 0 Å². The van der Waals surface area contributed by atoms with Gasteiger partial charge < -0.3 is 5.32 Å². The van der Waals surface area contributed by atoms with Gasteiger partial charge in [0.25, 0.3) is 0 Å². The smallest absolute Gasteiger partial charge is 0.00439 e. The normalized spacial score (nSPS) is 13.6. The number of hydrogen-bond acceptors (Lipinski definition) is 1. The molecule has 0 saturated carbocycles. The van der Waals surface area contributed by atoms with E-state index in [0.29, 0.717) is 11.5 Å². The first-order chi connectivity index (χ1) is 8.43. The first kappa shape index (κ1) is 15.2. The highest BCUT2D eigenvalue weighted by molar-refractivity contribution is 5.23. The van der Waals surface area contributed by atoms with Gasteiger partial charge in [0.2, 0.25) is 0 Å². The molecule has 1 atom stereocenters. The summed E-state index contributed by atoms with van der Waals surface area (Å²) in [5.41, 5.74) is 3.18. The van der Waals surface area contributed by atoms with Crippen LogP contribution in [0.4, 0.5) is 0 Å². The van der Waals surface area contributed by atoms with E-state index < -0.39 is 0 Å². The Balaban J connectivity index is 2.53. The van der Waals surface area contributed by atoms with Crippen LogP contribution in [0, 0.1) is 12.3 Å². The van der Waals surface area contributed by atoms with Gasteiger partial charge in [0.15, 0.2) is 0 Å². The lowest BCUT2D eigenvalue weighted by Gasteiger charge is -2.29. The Morgan fingerprint density at radius 2 is 2.00 bits per heavy atom. The van der Waals surface area contributed by atoms with Gasteiger partial charge in [-0.05, 0) is 50.6 Å². The second-order valence-electron chi connectivity index (χ2n) is 6.39. The zero-order chi connectivity index (χ0) is 13.6. The summed E-state index contributed by atoms with van der Waals surface area (Å²) in [5.74, 6) is 0. The lowest BCUT2D eigenvalue weighted by molar-refractivity contribution is 0.287. The number of hydrogen-bond donors (Lipinski definition) is 1. The van der Waals surface area contributed by atoms with Crippen molar-refractivity contribution in [2.24, 2.45) is 5.41 Å². The molecule has 0 radical (unpaired) electrons. The van der Waals surface area contributed by atoms with Crippen molar-refractivity contribution in [2.75, 3.05) is 6.54 Å². The van der Waals surface area contributed by atoms with Gasteiger partial charge in [0.1, 0.15) is 0 Å². The van der Waals surface area contributed by atoms with Crippen LogP contribution in [0.1, 0.15) is 51.7 Å². The Morgan fingerprint density at radius 1 is 1.28 bits per heavy atom. The molecule has 1 aromatic carbocycles. The predicted molar refractivity (Wildman–Crippen MR) is 81.0 cm³/mol. The van der Waals surface area contributed by atoms with Gasteiger partial charge in [-0.15, -0.1) is 0 Å². The van der Waals surface area contributed by atoms with Crippen molar-refractivity contribution in [3.05, 3.63) is 35.4 Å². The molecule has 0 spiro atoms. The third kappa shape index (κ3) is 5.68. The van der Waals surface area contributed by atoms with Crippen molar-refractivity contribution >= 4 is 0 Å². The van der Waals surface area contributed by atoms with Crippen molar-refractivity contribution in [1.82, 2.24) is 5.32 Å². The number of rotatable bonds is 7. The van der Waals surface area contributed by atoms with Crippen LogP contribution < -0.4 is 5.32 Å². The minimum absolute atomic E-state index is 0.355. The molecule has 1 N–H and O–H groups in total. The molecule has 0 aromatic heterocycles. The fourth-order valence-corrected chi connectivity index (χ4v) is 2.74. The number of benzene rings is 1. The van der Waals surface area contributed by atoms with Crippen molar-refractivity contribution in [3.8, 4) is 0 Å². The highest BCUT2D eigenvalue weighted by Gasteiger charge is 2.21. The summed E-state index contributed by atoms with van der Waals surface area (Å²) < 4.78 is 0. The van der Waals surface area contributed by atoms with Crippen LogP contribution in [0.5, 0.6) is 0 Å². The molecule has 0 bridgehead atoms. The van der Waals surface area contributed by atoms with Gasteiger partial charge in [-0.3, -0.25) is 0 Å². The lowest BCUT2D eigenvalue weighted by Crippen LogP contribution is -2.32. The van der Waals surface area contributed by atoms with E-state index >= 15 is 0 Å². The van der Waals surface area contributed by atoms with Crippen molar-refractivity contribution in [3.63, 3.8) is 0 Å². The monoisotopic (exact) mass is 247 g/mol. The minimum Gasteiger partial charge on any atom is -0.314 e. The van der Waals surface area contributed by atoms with Gasteiger partial charge in [-0.1, -0.05) is 50.6 Å². The Bertz CT molecular complexity index is 354. The Hall–Kier alpha value is -0.820. The molecule has 1 nitrogen and oxygen atoms in total. The Kier molecular flexibility index (Phi) is 5.87.